The lowest BCUT2D eigenvalue weighted by atomic mass is 10.1. The third-order valence-electron chi connectivity index (χ3n) is 2.61. The van der Waals surface area contributed by atoms with E-state index in [0.29, 0.717) is 13.0 Å². The summed E-state index contributed by atoms with van der Waals surface area (Å²) in [5, 5.41) is 3.22. The van der Waals surface area contributed by atoms with E-state index >= 15 is 0 Å². The number of hydrogen-bond acceptors (Lipinski definition) is 3. The van der Waals surface area contributed by atoms with E-state index in [-0.39, 0.29) is 11.8 Å². The Labute approximate surface area is 103 Å². The second kappa shape index (κ2) is 6.14. The quantitative estimate of drug-likeness (QED) is 0.603. The SMILES string of the molecule is Cc1ccc([C@H](C)NCCCS(=O)(=O)O)cc1. The van der Waals surface area contributed by atoms with Crippen molar-refractivity contribution in [1.82, 2.24) is 5.32 Å². The Hall–Kier alpha value is -0.910. The van der Waals surface area contributed by atoms with Crippen molar-refractivity contribution >= 4 is 10.1 Å². The zero-order chi connectivity index (χ0) is 12.9. The zero-order valence-corrected chi connectivity index (χ0v) is 11.0. The largest absolute Gasteiger partial charge is 0.310 e. The van der Waals surface area contributed by atoms with E-state index in [9.17, 15) is 8.42 Å². The monoisotopic (exact) mass is 257 g/mol. The van der Waals surface area contributed by atoms with Crippen LogP contribution in [-0.4, -0.2) is 25.3 Å². The van der Waals surface area contributed by atoms with Gasteiger partial charge in [-0.25, -0.2) is 0 Å². The van der Waals surface area contributed by atoms with Crippen LogP contribution in [0.1, 0.15) is 30.5 Å². The predicted molar refractivity (Wildman–Crippen MR) is 68.6 cm³/mol. The van der Waals surface area contributed by atoms with Crippen LogP contribution in [0.3, 0.4) is 0 Å². The van der Waals surface area contributed by atoms with E-state index in [0.717, 1.165) is 0 Å². The Bertz CT molecular complexity index is 439. The summed E-state index contributed by atoms with van der Waals surface area (Å²) in [6.45, 7) is 4.63. The lowest BCUT2D eigenvalue weighted by molar-refractivity contribution is 0.477. The molecule has 0 radical (unpaired) electrons. The van der Waals surface area contributed by atoms with Crippen LogP contribution < -0.4 is 5.32 Å². The second-order valence-corrected chi connectivity index (χ2v) is 5.80. The number of benzene rings is 1. The summed E-state index contributed by atoms with van der Waals surface area (Å²) in [6, 6.07) is 8.38. The van der Waals surface area contributed by atoms with Crippen molar-refractivity contribution in [3.05, 3.63) is 35.4 Å². The van der Waals surface area contributed by atoms with Crippen molar-refractivity contribution in [3.63, 3.8) is 0 Å². The fraction of sp³-hybridized carbons (Fsp3) is 0.500. The van der Waals surface area contributed by atoms with Gasteiger partial charge in [0, 0.05) is 6.04 Å². The van der Waals surface area contributed by atoms with Crippen molar-refractivity contribution in [3.8, 4) is 0 Å². The van der Waals surface area contributed by atoms with E-state index in [1.807, 2.05) is 26.0 Å². The van der Waals surface area contributed by atoms with E-state index in [1.165, 1.54) is 11.1 Å². The molecule has 0 saturated carbocycles. The van der Waals surface area contributed by atoms with Crippen LogP contribution in [0.15, 0.2) is 24.3 Å². The van der Waals surface area contributed by atoms with Crippen LogP contribution in [0, 0.1) is 6.92 Å². The Balaban J connectivity index is 2.35. The predicted octanol–water partition coefficient (Wildman–Crippen LogP) is 1.92. The average molecular weight is 257 g/mol. The fourth-order valence-corrected chi connectivity index (χ4v) is 2.06. The van der Waals surface area contributed by atoms with Crippen LogP contribution in [0.5, 0.6) is 0 Å². The van der Waals surface area contributed by atoms with Crippen molar-refractivity contribution in [2.75, 3.05) is 12.3 Å². The van der Waals surface area contributed by atoms with Gasteiger partial charge in [0.1, 0.15) is 0 Å². The fourth-order valence-electron chi connectivity index (χ4n) is 1.55. The molecule has 1 rings (SSSR count). The van der Waals surface area contributed by atoms with E-state index in [2.05, 4.69) is 17.4 Å². The number of aryl methyl sites for hydroxylation is 1. The van der Waals surface area contributed by atoms with Crippen LogP contribution in [0.25, 0.3) is 0 Å². The maximum absolute atomic E-state index is 10.5. The number of hydrogen-bond donors (Lipinski definition) is 2. The van der Waals surface area contributed by atoms with Crippen LogP contribution in [0.2, 0.25) is 0 Å². The first kappa shape index (κ1) is 14.2. The summed E-state index contributed by atoms with van der Waals surface area (Å²) >= 11 is 0. The smallest absolute Gasteiger partial charge is 0.264 e. The first-order chi connectivity index (χ1) is 7.88. The van der Waals surface area contributed by atoms with Crippen molar-refractivity contribution in [2.45, 2.75) is 26.3 Å². The van der Waals surface area contributed by atoms with Gasteiger partial charge in [-0.1, -0.05) is 29.8 Å². The molecule has 0 bridgehead atoms. The molecular formula is C12H19NO3S. The molecular weight excluding hydrogens is 238 g/mol. The Morgan fingerprint density at radius 2 is 1.88 bits per heavy atom. The number of nitrogens with one attached hydrogen (secondary N) is 1. The summed E-state index contributed by atoms with van der Waals surface area (Å²) < 4.78 is 29.6. The van der Waals surface area contributed by atoms with Gasteiger partial charge in [-0.2, -0.15) is 8.42 Å². The van der Waals surface area contributed by atoms with Crippen molar-refractivity contribution < 1.29 is 13.0 Å². The molecule has 0 spiro atoms. The van der Waals surface area contributed by atoms with Gasteiger partial charge in [-0.3, -0.25) is 4.55 Å². The van der Waals surface area contributed by atoms with Crippen molar-refractivity contribution in [2.24, 2.45) is 0 Å². The normalized spacial score (nSPS) is 13.6. The molecule has 2 N–H and O–H groups in total. The molecule has 96 valence electrons. The molecule has 0 fully saturated rings. The second-order valence-electron chi connectivity index (χ2n) is 4.23. The van der Waals surface area contributed by atoms with E-state index in [4.69, 9.17) is 4.55 Å². The third kappa shape index (κ3) is 5.81. The average Bonchev–Trinajstić information content (AvgIpc) is 2.24. The molecule has 4 nitrogen and oxygen atoms in total. The molecule has 1 atom stereocenters. The summed E-state index contributed by atoms with van der Waals surface area (Å²) in [4.78, 5) is 0. The molecule has 0 aliphatic rings. The molecule has 0 aliphatic carbocycles. The van der Waals surface area contributed by atoms with Gasteiger partial charge in [0.05, 0.1) is 5.75 Å². The summed E-state index contributed by atoms with van der Waals surface area (Å²) in [7, 11) is -3.83. The minimum Gasteiger partial charge on any atom is -0.310 e. The van der Waals surface area contributed by atoms with Gasteiger partial charge < -0.3 is 5.32 Å². The van der Waals surface area contributed by atoms with Gasteiger partial charge in [-0.05, 0) is 32.4 Å². The van der Waals surface area contributed by atoms with Gasteiger partial charge in [0.25, 0.3) is 10.1 Å². The lowest BCUT2D eigenvalue weighted by Gasteiger charge is -2.14. The molecule has 1 aromatic carbocycles. The highest BCUT2D eigenvalue weighted by molar-refractivity contribution is 7.85. The third-order valence-corrected chi connectivity index (χ3v) is 3.41. The molecule has 5 heteroatoms. The maximum Gasteiger partial charge on any atom is 0.264 e. The van der Waals surface area contributed by atoms with E-state index < -0.39 is 10.1 Å². The summed E-state index contributed by atoms with van der Waals surface area (Å²) in [5.74, 6) is -0.194. The van der Waals surface area contributed by atoms with Gasteiger partial charge in [-0.15, -0.1) is 0 Å². The Kier molecular flexibility index (Phi) is 5.11. The van der Waals surface area contributed by atoms with Gasteiger partial charge in [0.15, 0.2) is 0 Å². The maximum atomic E-state index is 10.5. The zero-order valence-electron chi connectivity index (χ0n) is 10.2. The topological polar surface area (TPSA) is 66.4 Å². The molecule has 0 heterocycles. The minimum absolute atomic E-state index is 0.178. The van der Waals surface area contributed by atoms with Gasteiger partial charge in [0.2, 0.25) is 0 Å². The molecule has 0 unspecified atom stereocenters. The highest BCUT2D eigenvalue weighted by atomic mass is 32.2. The first-order valence-electron chi connectivity index (χ1n) is 5.63. The Morgan fingerprint density at radius 3 is 2.41 bits per heavy atom. The summed E-state index contributed by atoms with van der Waals surface area (Å²) in [6.07, 6.45) is 0.412. The number of rotatable bonds is 6. The minimum atomic E-state index is -3.83. The van der Waals surface area contributed by atoms with Crippen LogP contribution in [0.4, 0.5) is 0 Å². The molecule has 0 aromatic heterocycles. The standard InChI is InChI=1S/C12H19NO3S/c1-10-4-6-12(7-5-10)11(2)13-8-3-9-17(14,15)16/h4-7,11,13H,3,8-9H2,1-2H3,(H,14,15,16)/t11-/m0/s1. The van der Waals surface area contributed by atoms with Gasteiger partial charge >= 0.3 is 0 Å². The highest BCUT2D eigenvalue weighted by Gasteiger charge is 2.06. The molecule has 0 saturated heterocycles. The summed E-state index contributed by atoms with van der Waals surface area (Å²) in [5.41, 5.74) is 2.38. The Morgan fingerprint density at radius 1 is 1.29 bits per heavy atom. The van der Waals surface area contributed by atoms with E-state index in [1.54, 1.807) is 0 Å². The van der Waals surface area contributed by atoms with Crippen LogP contribution in [-0.2, 0) is 10.1 Å². The molecule has 1 aromatic rings. The lowest BCUT2D eigenvalue weighted by Crippen LogP contribution is -2.21. The van der Waals surface area contributed by atoms with Crippen molar-refractivity contribution in [1.29, 1.82) is 0 Å². The molecule has 17 heavy (non-hydrogen) atoms. The molecule has 0 aliphatic heterocycles. The highest BCUT2D eigenvalue weighted by Crippen LogP contribution is 2.12. The first-order valence-corrected chi connectivity index (χ1v) is 7.24. The molecule has 0 amide bonds. The van der Waals surface area contributed by atoms with Crippen LogP contribution >= 0.6 is 0 Å².